The first-order chi connectivity index (χ1) is 12.7. The molecule has 0 fully saturated rings. The van der Waals surface area contributed by atoms with E-state index in [1.165, 1.54) is 4.88 Å². The summed E-state index contributed by atoms with van der Waals surface area (Å²) in [5.74, 6) is 0.815. The zero-order valence-corrected chi connectivity index (χ0v) is 16.7. The maximum atomic E-state index is 4.69. The van der Waals surface area contributed by atoms with Crippen LogP contribution in [-0.4, -0.2) is 29.0 Å². The van der Waals surface area contributed by atoms with Crippen molar-refractivity contribution in [2.45, 2.75) is 26.8 Å². The monoisotopic (exact) mass is 385 g/mol. The topological polar surface area (TPSA) is 62.2 Å². The van der Waals surface area contributed by atoms with Crippen LogP contribution in [0, 0.1) is 6.92 Å². The number of hydrogen-bond donors (Lipinski definition) is 2. The van der Waals surface area contributed by atoms with Crippen LogP contribution in [-0.2, 0) is 13.0 Å². The zero-order chi connectivity index (χ0) is 18.2. The summed E-state index contributed by atoms with van der Waals surface area (Å²) >= 11 is 3.40. The fourth-order valence-corrected chi connectivity index (χ4v) is 4.00. The average Bonchev–Trinajstić information content (AvgIpc) is 3.29. The van der Waals surface area contributed by atoms with Gasteiger partial charge in [-0.15, -0.1) is 22.7 Å². The molecule has 3 aromatic rings. The van der Waals surface area contributed by atoms with E-state index in [1.54, 1.807) is 22.7 Å². The van der Waals surface area contributed by atoms with Crippen molar-refractivity contribution in [2.75, 3.05) is 13.1 Å². The molecule has 7 heteroatoms. The Morgan fingerprint density at radius 1 is 1.19 bits per heavy atom. The summed E-state index contributed by atoms with van der Waals surface area (Å²) in [7, 11) is 0. The molecule has 5 nitrogen and oxygen atoms in total. The molecule has 2 heterocycles. The summed E-state index contributed by atoms with van der Waals surface area (Å²) in [6, 6.07) is 10.2. The molecule has 0 bridgehead atoms. The second-order valence-electron chi connectivity index (χ2n) is 5.75. The summed E-state index contributed by atoms with van der Waals surface area (Å²) in [6.45, 7) is 6.35. The molecule has 0 spiro atoms. The lowest BCUT2D eigenvalue weighted by molar-refractivity contribution is 0.794. The standard InChI is InChI=1S/C19H23N5S2/c1-3-20-19(21-10-9-17-22-11-14(2)26-17)23-12-16-13-25-18(24-16)15-7-5-4-6-8-15/h4-8,11,13H,3,9-10,12H2,1-2H3,(H2,20,21,23). The number of aryl methyl sites for hydroxylation is 1. The maximum Gasteiger partial charge on any atom is 0.191 e. The van der Waals surface area contributed by atoms with Crippen LogP contribution in [0.3, 0.4) is 0 Å². The van der Waals surface area contributed by atoms with Gasteiger partial charge in [-0.2, -0.15) is 0 Å². The van der Waals surface area contributed by atoms with Crippen molar-refractivity contribution in [2.24, 2.45) is 4.99 Å². The molecule has 0 aliphatic heterocycles. The molecule has 2 aromatic heterocycles. The molecule has 3 rings (SSSR count). The number of guanidine groups is 1. The molecular weight excluding hydrogens is 362 g/mol. The van der Waals surface area contributed by atoms with E-state index in [0.717, 1.165) is 46.7 Å². The number of thiazole rings is 2. The van der Waals surface area contributed by atoms with E-state index in [-0.39, 0.29) is 0 Å². The molecular formula is C19H23N5S2. The number of nitrogens with zero attached hydrogens (tertiary/aromatic N) is 3. The molecule has 1 aromatic carbocycles. The molecule has 136 valence electrons. The fraction of sp³-hybridized carbons (Fsp3) is 0.316. The smallest absolute Gasteiger partial charge is 0.191 e. The van der Waals surface area contributed by atoms with E-state index in [4.69, 9.17) is 4.98 Å². The Morgan fingerprint density at radius 2 is 2.04 bits per heavy atom. The number of hydrogen-bond acceptors (Lipinski definition) is 5. The van der Waals surface area contributed by atoms with Gasteiger partial charge in [0.2, 0.25) is 0 Å². The number of aromatic nitrogens is 2. The first-order valence-electron chi connectivity index (χ1n) is 8.68. The first kappa shape index (κ1) is 18.5. The van der Waals surface area contributed by atoms with E-state index in [0.29, 0.717) is 6.54 Å². The Morgan fingerprint density at radius 3 is 2.77 bits per heavy atom. The van der Waals surface area contributed by atoms with E-state index >= 15 is 0 Å². The Hall–Kier alpha value is -2.25. The van der Waals surface area contributed by atoms with Crippen LogP contribution in [0.25, 0.3) is 10.6 Å². The molecule has 0 radical (unpaired) electrons. The van der Waals surface area contributed by atoms with Crippen molar-refractivity contribution < 1.29 is 0 Å². The molecule has 0 aliphatic rings. The molecule has 0 saturated heterocycles. The first-order valence-corrected chi connectivity index (χ1v) is 10.4. The normalized spacial score (nSPS) is 11.5. The SMILES string of the molecule is CCNC(=NCc1csc(-c2ccccc2)n1)NCCc1ncc(C)s1. The molecule has 0 saturated carbocycles. The van der Waals surface area contributed by atoms with Gasteiger partial charge in [0.05, 0.1) is 17.2 Å². The van der Waals surface area contributed by atoms with E-state index in [1.807, 2.05) is 24.4 Å². The molecule has 0 unspecified atom stereocenters. The summed E-state index contributed by atoms with van der Waals surface area (Å²) < 4.78 is 0. The molecule has 0 aliphatic carbocycles. The summed E-state index contributed by atoms with van der Waals surface area (Å²) in [6.07, 6.45) is 2.82. The van der Waals surface area contributed by atoms with Crippen molar-refractivity contribution in [1.29, 1.82) is 0 Å². The van der Waals surface area contributed by atoms with Gasteiger partial charge in [-0.25, -0.2) is 15.0 Å². The van der Waals surface area contributed by atoms with Gasteiger partial charge >= 0.3 is 0 Å². The highest BCUT2D eigenvalue weighted by Crippen LogP contribution is 2.23. The molecule has 26 heavy (non-hydrogen) atoms. The third-order valence-corrected chi connectivity index (χ3v) is 5.53. The maximum absolute atomic E-state index is 4.69. The lowest BCUT2D eigenvalue weighted by Gasteiger charge is -2.10. The highest BCUT2D eigenvalue weighted by molar-refractivity contribution is 7.13. The van der Waals surface area contributed by atoms with Gasteiger partial charge in [-0.3, -0.25) is 0 Å². The average molecular weight is 386 g/mol. The Bertz CT molecular complexity index is 839. The Balaban J connectivity index is 1.56. The quantitative estimate of drug-likeness (QED) is 0.479. The third-order valence-electron chi connectivity index (χ3n) is 3.62. The lowest BCUT2D eigenvalue weighted by atomic mass is 10.2. The van der Waals surface area contributed by atoms with Gasteiger partial charge in [0.15, 0.2) is 5.96 Å². The van der Waals surface area contributed by atoms with Gasteiger partial charge in [0, 0.05) is 41.5 Å². The van der Waals surface area contributed by atoms with Gasteiger partial charge in [-0.1, -0.05) is 30.3 Å². The van der Waals surface area contributed by atoms with Crippen molar-refractivity contribution in [3.8, 4) is 10.6 Å². The van der Waals surface area contributed by atoms with Crippen molar-refractivity contribution in [3.05, 3.63) is 57.5 Å². The number of nitrogens with one attached hydrogen (secondary N) is 2. The van der Waals surface area contributed by atoms with Gasteiger partial charge in [0.25, 0.3) is 0 Å². The lowest BCUT2D eigenvalue weighted by Crippen LogP contribution is -2.38. The number of benzene rings is 1. The highest BCUT2D eigenvalue weighted by atomic mass is 32.1. The van der Waals surface area contributed by atoms with Gasteiger partial charge in [-0.05, 0) is 13.8 Å². The second-order valence-corrected chi connectivity index (χ2v) is 7.92. The summed E-state index contributed by atoms with van der Waals surface area (Å²) in [5, 5.41) is 10.9. The van der Waals surface area contributed by atoms with Crippen LogP contribution in [0.5, 0.6) is 0 Å². The number of rotatable bonds is 7. The van der Waals surface area contributed by atoms with Crippen molar-refractivity contribution in [1.82, 2.24) is 20.6 Å². The Kier molecular flexibility index (Phi) is 6.74. The van der Waals surface area contributed by atoms with Gasteiger partial charge in [0.1, 0.15) is 5.01 Å². The third kappa shape index (κ3) is 5.37. The van der Waals surface area contributed by atoms with E-state index in [2.05, 4.69) is 52.0 Å². The molecule has 0 amide bonds. The van der Waals surface area contributed by atoms with Gasteiger partial charge < -0.3 is 10.6 Å². The van der Waals surface area contributed by atoms with Crippen molar-refractivity contribution >= 4 is 28.6 Å². The molecule has 2 N–H and O–H groups in total. The second kappa shape index (κ2) is 9.45. The van der Waals surface area contributed by atoms with Crippen LogP contribution in [0.4, 0.5) is 0 Å². The van der Waals surface area contributed by atoms with Crippen LogP contribution in [0.15, 0.2) is 46.9 Å². The van der Waals surface area contributed by atoms with E-state index < -0.39 is 0 Å². The fourth-order valence-electron chi connectivity index (χ4n) is 2.40. The minimum Gasteiger partial charge on any atom is -0.357 e. The van der Waals surface area contributed by atoms with Crippen LogP contribution in [0.2, 0.25) is 0 Å². The predicted molar refractivity (Wildman–Crippen MR) is 111 cm³/mol. The minimum atomic E-state index is 0.565. The summed E-state index contributed by atoms with van der Waals surface area (Å²) in [4.78, 5) is 15.0. The minimum absolute atomic E-state index is 0.565. The summed E-state index contributed by atoms with van der Waals surface area (Å²) in [5.41, 5.74) is 2.14. The van der Waals surface area contributed by atoms with Crippen molar-refractivity contribution in [3.63, 3.8) is 0 Å². The largest absolute Gasteiger partial charge is 0.357 e. The van der Waals surface area contributed by atoms with Crippen LogP contribution < -0.4 is 10.6 Å². The highest BCUT2D eigenvalue weighted by Gasteiger charge is 2.05. The zero-order valence-electron chi connectivity index (χ0n) is 15.0. The predicted octanol–water partition coefficient (Wildman–Crippen LogP) is 3.87. The Labute approximate surface area is 162 Å². The van der Waals surface area contributed by atoms with Crippen LogP contribution >= 0.6 is 22.7 Å². The van der Waals surface area contributed by atoms with E-state index in [9.17, 15) is 0 Å². The number of aliphatic imine (C=N–C) groups is 1. The van der Waals surface area contributed by atoms with Crippen LogP contribution in [0.1, 0.15) is 22.5 Å². The molecule has 0 atom stereocenters.